The number of hydrogen-bond acceptors (Lipinski definition) is 3. The fourth-order valence-corrected chi connectivity index (χ4v) is 1.20. The Balaban J connectivity index is 2.93. The fraction of sp³-hybridized carbons (Fsp3) is 0. The second-order valence-corrected chi connectivity index (χ2v) is 3.83. The van der Waals surface area contributed by atoms with E-state index in [0.717, 1.165) is 17.7 Å². The Bertz CT molecular complexity index is 416. The van der Waals surface area contributed by atoms with Gasteiger partial charge in [-0.3, -0.25) is 9.71 Å². The molecule has 0 saturated carbocycles. The molecule has 0 radical (unpaired) electrons. The van der Waals surface area contributed by atoms with Crippen LogP contribution in [0.5, 0.6) is 0 Å². The van der Waals surface area contributed by atoms with E-state index < -0.39 is 15.8 Å². The van der Waals surface area contributed by atoms with Crippen LogP contribution in [0.2, 0.25) is 0 Å². The van der Waals surface area contributed by atoms with Gasteiger partial charge in [0, 0.05) is 11.5 Å². The minimum Gasteiger partial charge on any atom is -0.278 e. The van der Waals surface area contributed by atoms with Crippen molar-refractivity contribution < 1.29 is 12.8 Å². The molecular weight excluding hydrogens is 195 g/mol. The zero-order valence-corrected chi connectivity index (χ0v) is 7.38. The number of sulfonamides is 1. The summed E-state index contributed by atoms with van der Waals surface area (Å²) in [5.41, 5.74) is 0.0694. The largest absolute Gasteiger partial charge is 0.278 e. The van der Waals surface area contributed by atoms with Crippen molar-refractivity contribution in [1.29, 1.82) is 0 Å². The van der Waals surface area contributed by atoms with Gasteiger partial charge in [0.15, 0.2) is 0 Å². The first kappa shape index (κ1) is 9.66. The second-order valence-electron chi connectivity index (χ2n) is 2.21. The van der Waals surface area contributed by atoms with Crippen LogP contribution >= 0.6 is 0 Å². The first-order valence-electron chi connectivity index (χ1n) is 3.29. The van der Waals surface area contributed by atoms with Crippen LogP contribution in [0.25, 0.3) is 0 Å². The lowest BCUT2D eigenvalue weighted by Gasteiger charge is -2.02. The van der Waals surface area contributed by atoms with Gasteiger partial charge in [-0.05, 0) is 0 Å². The maximum atomic E-state index is 12.5. The van der Waals surface area contributed by atoms with E-state index in [1.54, 1.807) is 0 Å². The Morgan fingerprint density at radius 2 is 2.23 bits per heavy atom. The molecule has 4 nitrogen and oxygen atoms in total. The third kappa shape index (κ3) is 2.83. The van der Waals surface area contributed by atoms with Gasteiger partial charge < -0.3 is 0 Å². The van der Waals surface area contributed by atoms with Gasteiger partial charge in [0.1, 0.15) is 5.82 Å². The SMILES string of the molecule is C=CS(=O)(=O)Nc1cncc(F)c1. The van der Waals surface area contributed by atoms with Crippen molar-refractivity contribution >= 4 is 15.7 Å². The van der Waals surface area contributed by atoms with Crippen molar-refractivity contribution in [1.82, 2.24) is 4.98 Å². The highest BCUT2D eigenvalue weighted by Crippen LogP contribution is 2.08. The summed E-state index contributed by atoms with van der Waals surface area (Å²) in [5.74, 6) is -0.607. The lowest BCUT2D eigenvalue weighted by Crippen LogP contribution is -2.08. The number of halogens is 1. The summed E-state index contributed by atoms with van der Waals surface area (Å²) in [4.78, 5) is 3.47. The lowest BCUT2D eigenvalue weighted by molar-refractivity contribution is 0.609. The van der Waals surface area contributed by atoms with Crippen LogP contribution in [0.4, 0.5) is 10.1 Å². The van der Waals surface area contributed by atoms with Gasteiger partial charge in [0.2, 0.25) is 0 Å². The van der Waals surface area contributed by atoms with E-state index in [1.165, 1.54) is 6.20 Å². The van der Waals surface area contributed by atoms with Crippen molar-refractivity contribution in [3.8, 4) is 0 Å². The van der Waals surface area contributed by atoms with Crippen LogP contribution in [0.15, 0.2) is 30.4 Å². The van der Waals surface area contributed by atoms with Gasteiger partial charge in [-0.25, -0.2) is 12.8 Å². The Hall–Kier alpha value is -1.43. The summed E-state index contributed by atoms with van der Waals surface area (Å²) in [6.07, 6.45) is 2.18. The number of rotatable bonds is 3. The molecule has 0 aliphatic carbocycles. The molecule has 1 heterocycles. The van der Waals surface area contributed by atoms with Crippen LogP contribution in [-0.2, 0) is 10.0 Å². The van der Waals surface area contributed by atoms with E-state index in [-0.39, 0.29) is 5.69 Å². The third-order valence-electron chi connectivity index (χ3n) is 1.18. The average Bonchev–Trinajstić information content (AvgIpc) is 2.03. The molecule has 6 heteroatoms. The highest BCUT2D eigenvalue weighted by Gasteiger charge is 2.04. The summed E-state index contributed by atoms with van der Waals surface area (Å²) in [7, 11) is -3.58. The Morgan fingerprint density at radius 3 is 2.77 bits per heavy atom. The molecule has 1 N–H and O–H groups in total. The molecule has 0 amide bonds. The maximum absolute atomic E-state index is 12.5. The van der Waals surface area contributed by atoms with E-state index in [2.05, 4.69) is 16.3 Å². The van der Waals surface area contributed by atoms with E-state index in [0.29, 0.717) is 0 Å². The predicted octanol–water partition coefficient (Wildman–Crippen LogP) is 1.11. The van der Waals surface area contributed by atoms with E-state index >= 15 is 0 Å². The Labute approximate surface area is 75.2 Å². The van der Waals surface area contributed by atoms with Crippen molar-refractivity contribution in [3.63, 3.8) is 0 Å². The highest BCUT2D eigenvalue weighted by molar-refractivity contribution is 7.95. The van der Waals surface area contributed by atoms with Crippen LogP contribution in [0.1, 0.15) is 0 Å². The predicted molar refractivity (Wildman–Crippen MR) is 46.9 cm³/mol. The quantitative estimate of drug-likeness (QED) is 0.798. The molecule has 0 unspecified atom stereocenters. The Kier molecular flexibility index (Phi) is 2.62. The van der Waals surface area contributed by atoms with Gasteiger partial charge in [0.05, 0.1) is 18.1 Å². The first-order chi connectivity index (χ1) is 6.03. The standard InChI is InChI=1S/C7H7FN2O2S/c1-2-13(11,12)10-7-3-6(8)4-9-5-7/h2-5,10H,1H2. The normalized spacial score (nSPS) is 10.8. The summed E-state index contributed by atoms with van der Waals surface area (Å²) < 4.78 is 36.4. The Morgan fingerprint density at radius 1 is 1.54 bits per heavy atom. The summed E-state index contributed by atoms with van der Waals surface area (Å²) >= 11 is 0. The van der Waals surface area contributed by atoms with Crippen LogP contribution in [-0.4, -0.2) is 13.4 Å². The van der Waals surface area contributed by atoms with Gasteiger partial charge in [-0.15, -0.1) is 0 Å². The number of anilines is 1. The molecule has 0 aliphatic heterocycles. The first-order valence-corrected chi connectivity index (χ1v) is 4.84. The third-order valence-corrected chi connectivity index (χ3v) is 2.14. The second kappa shape index (κ2) is 3.53. The topological polar surface area (TPSA) is 59.1 Å². The fourth-order valence-electron chi connectivity index (χ4n) is 0.674. The van der Waals surface area contributed by atoms with Crippen LogP contribution in [0, 0.1) is 5.82 Å². The number of nitrogens with one attached hydrogen (secondary N) is 1. The van der Waals surface area contributed by atoms with Gasteiger partial charge in [-0.2, -0.15) is 0 Å². The van der Waals surface area contributed by atoms with Gasteiger partial charge >= 0.3 is 0 Å². The summed E-state index contributed by atoms with van der Waals surface area (Å²) in [6, 6.07) is 1.02. The molecule has 0 bridgehead atoms. The van der Waals surface area contributed by atoms with E-state index in [4.69, 9.17) is 0 Å². The molecule has 0 fully saturated rings. The molecule has 70 valence electrons. The molecule has 0 aliphatic rings. The zero-order chi connectivity index (χ0) is 9.90. The smallest absolute Gasteiger partial charge is 0.254 e. The van der Waals surface area contributed by atoms with E-state index in [9.17, 15) is 12.8 Å². The number of hydrogen-bond donors (Lipinski definition) is 1. The minimum atomic E-state index is -3.58. The summed E-state index contributed by atoms with van der Waals surface area (Å²) in [6.45, 7) is 3.09. The number of aromatic nitrogens is 1. The van der Waals surface area contributed by atoms with Gasteiger partial charge in [0.25, 0.3) is 10.0 Å². The lowest BCUT2D eigenvalue weighted by atomic mass is 10.4. The molecular formula is C7H7FN2O2S. The van der Waals surface area contributed by atoms with Crippen molar-refractivity contribution in [3.05, 3.63) is 36.3 Å². The van der Waals surface area contributed by atoms with Crippen molar-refractivity contribution in [2.24, 2.45) is 0 Å². The summed E-state index contributed by atoms with van der Waals surface area (Å²) in [5, 5.41) is 0.734. The van der Waals surface area contributed by atoms with Crippen molar-refractivity contribution in [2.75, 3.05) is 4.72 Å². The number of nitrogens with zero attached hydrogens (tertiary/aromatic N) is 1. The van der Waals surface area contributed by atoms with Crippen LogP contribution < -0.4 is 4.72 Å². The average molecular weight is 202 g/mol. The minimum absolute atomic E-state index is 0.0694. The zero-order valence-electron chi connectivity index (χ0n) is 6.57. The van der Waals surface area contributed by atoms with Crippen LogP contribution in [0.3, 0.4) is 0 Å². The van der Waals surface area contributed by atoms with Crippen molar-refractivity contribution in [2.45, 2.75) is 0 Å². The molecule has 1 aromatic rings. The molecule has 0 saturated heterocycles. The van der Waals surface area contributed by atoms with Gasteiger partial charge in [-0.1, -0.05) is 6.58 Å². The highest BCUT2D eigenvalue weighted by atomic mass is 32.2. The molecule has 1 rings (SSSR count). The molecule has 0 atom stereocenters. The molecule has 0 aromatic carbocycles. The van der Waals surface area contributed by atoms with E-state index in [1.807, 2.05) is 0 Å². The molecule has 13 heavy (non-hydrogen) atoms. The monoisotopic (exact) mass is 202 g/mol. The maximum Gasteiger partial charge on any atom is 0.254 e. The molecule has 1 aromatic heterocycles. The molecule has 0 spiro atoms. The number of pyridine rings is 1.